The molecule has 4 heterocycles. The quantitative estimate of drug-likeness (QED) is 0.0595. The fraction of sp³-hybridized carbons (Fsp3) is 0.381. The number of hydrogen-bond acceptors (Lipinski definition) is 12. The second kappa shape index (κ2) is 20.3. The molecule has 1 unspecified atom stereocenters. The van der Waals surface area contributed by atoms with E-state index in [0.717, 1.165) is 26.7 Å². The van der Waals surface area contributed by atoms with E-state index < -0.39 is 35.6 Å². The van der Waals surface area contributed by atoms with Crippen LogP contribution < -0.4 is 14.8 Å². The Balaban J connectivity index is 0.817. The predicted molar refractivity (Wildman–Crippen MR) is 210 cm³/mol. The van der Waals surface area contributed by atoms with Gasteiger partial charge in [-0.1, -0.05) is 18.2 Å². The molecule has 0 bridgehead atoms. The van der Waals surface area contributed by atoms with Crippen LogP contribution in [0.25, 0.3) is 32.9 Å². The highest BCUT2D eigenvalue weighted by Gasteiger charge is 2.37. The normalized spacial score (nSPS) is 14.4. The number of piperidine rings is 1. The van der Waals surface area contributed by atoms with Crippen molar-refractivity contribution in [1.82, 2.24) is 24.8 Å². The zero-order valence-electron chi connectivity index (χ0n) is 33.0. The highest BCUT2D eigenvalue weighted by atomic mass is 19.4. The smallest absolute Gasteiger partial charge is 0.434 e. The summed E-state index contributed by atoms with van der Waals surface area (Å²) in [6, 6.07) is 13.6. The van der Waals surface area contributed by atoms with Gasteiger partial charge in [-0.05, 0) is 54.8 Å². The minimum atomic E-state index is -4.71. The maximum absolute atomic E-state index is 14.1. The number of benzene rings is 2. The molecule has 1 fully saturated rings. The third kappa shape index (κ3) is 10.8. The number of imide groups is 2. The summed E-state index contributed by atoms with van der Waals surface area (Å²) in [5.41, 5.74) is 1.76. The third-order valence-electron chi connectivity index (χ3n) is 9.68. The number of aromatic nitrogens is 3. The summed E-state index contributed by atoms with van der Waals surface area (Å²) in [4.78, 5) is 57.4. The van der Waals surface area contributed by atoms with Gasteiger partial charge in [-0.2, -0.15) is 13.2 Å². The second-order valence-electron chi connectivity index (χ2n) is 13.6. The van der Waals surface area contributed by atoms with Gasteiger partial charge in [-0.15, -0.1) is 0 Å². The molecule has 1 aliphatic rings. The van der Waals surface area contributed by atoms with Crippen LogP contribution in [-0.4, -0.2) is 116 Å². The first-order valence-corrected chi connectivity index (χ1v) is 19.2. The Morgan fingerprint density at radius 3 is 2.17 bits per heavy atom. The van der Waals surface area contributed by atoms with Gasteiger partial charge in [0, 0.05) is 59.3 Å². The van der Waals surface area contributed by atoms with E-state index in [0.29, 0.717) is 49.7 Å². The van der Waals surface area contributed by atoms with Crippen molar-refractivity contribution in [3.05, 3.63) is 83.8 Å². The summed E-state index contributed by atoms with van der Waals surface area (Å²) in [6.07, 6.45) is -0.929. The number of rotatable bonds is 21. The van der Waals surface area contributed by atoms with Gasteiger partial charge in [0.2, 0.25) is 24.1 Å². The molecule has 60 heavy (non-hydrogen) atoms. The Hall–Kier alpha value is -5.95. The van der Waals surface area contributed by atoms with Crippen molar-refractivity contribution in [2.24, 2.45) is 7.05 Å². The number of ether oxygens (including phenoxy) is 6. The second-order valence-corrected chi connectivity index (χ2v) is 13.6. The van der Waals surface area contributed by atoms with E-state index >= 15 is 0 Å². The Kier molecular flexibility index (Phi) is 14.8. The Morgan fingerprint density at radius 1 is 0.850 bits per heavy atom. The molecule has 1 atom stereocenters. The molecular formula is C42H44F3N5O10. The number of carbonyl (C=O) groups is 4. The van der Waals surface area contributed by atoms with Gasteiger partial charge in [0.25, 0.3) is 5.91 Å². The lowest BCUT2D eigenvalue weighted by Gasteiger charge is -2.28. The monoisotopic (exact) mass is 835 g/mol. The van der Waals surface area contributed by atoms with E-state index in [4.69, 9.17) is 28.4 Å². The minimum Gasteiger partial charge on any atom is -0.491 e. The van der Waals surface area contributed by atoms with E-state index in [1.807, 2.05) is 17.7 Å². The van der Waals surface area contributed by atoms with Gasteiger partial charge in [-0.25, -0.2) is 4.98 Å². The molecule has 1 N–H and O–H groups in total. The van der Waals surface area contributed by atoms with Crippen molar-refractivity contribution in [3.8, 4) is 22.8 Å². The molecule has 0 aliphatic carbocycles. The average molecular weight is 836 g/mol. The standard InChI is InChI=1S/C42H44F3N5O10/c1-27-3-5-29(24-32(27)41(54)50(26-51)35-8-9-37(52)47-40(35)53)59-21-19-57-17-15-55-13-14-56-16-18-58-20-22-60-38-10-7-30(39(48-38)42(43,44)45)28-4-6-31-33-25-46-12-11-34(33)49(2)36(31)23-28/h3-7,10-12,23-26,35H,8-9,13-22H2,1-2H3,(H,47,52,53). The molecule has 0 radical (unpaired) electrons. The number of fused-ring (bicyclic) bond motifs is 3. The van der Waals surface area contributed by atoms with Crippen LogP contribution in [0.5, 0.6) is 11.6 Å². The maximum atomic E-state index is 14.1. The highest BCUT2D eigenvalue weighted by molar-refractivity contribution is 6.09. The molecule has 2 aromatic carbocycles. The van der Waals surface area contributed by atoms with E-state index in [-0.39, 0.29) is 69.5 Å². The minimum absolute atomic E-state index is 0.00785. The lowest BCUT2D eigenvalue weighted by molar-refractivity contribution is -0.141. The summed E-state index contributed by atoms with van der Waals surface area (Å²) in [5.74, 6) is -1.61. The number of hydrogen-bond donors (Lipinski definition) is 1. The number of nitrogens with zero attached hydrogens (tertiary/aromatic N) is 4. The van der Waals surface area contributed by atoms with Crippen molar-refractivity contribution >= 4 is 45.9 Å². The fourth-order valence-corrected chi connectivity index (χ4v) is 6.65. The van der Waals surface area contributed by atoms with Crippen LogP contribution in [0, 0.1) is 6.92 Å². The van der Waals surface area contributed by atoms with E-state index in [9.17, 15) is 32.3 Å². The summed E-state index contributed by atoms with van der Waals surface area (Å²) >= 11 is 0. The van der Waals surface area contributed by atoms with Gasteiger partial charge in [0.1, 0.15) is 25.0 Å². The third-order valence-corrected chi connectivity index (χ3v) is 9.68. The largest absolute Gasteiger partial charge is 0.491 e. The summed E-state index contributed by atoms with van der Waals surface area (Å²) in [5, 5.41) is 3.96. The van der Waals surface area contributed by atoms with Crippen molar-refractivity contribution in [1.29, 1.82) is 0 Å². The molecule has 6 rings (SSSR count). The van der Waals surface area contributed by atoms with Crippen LogP contribution in [0.15, 0.2) is 67.0 Å². The highest BCUT2D eigenvalue weighted by Crippen LogP contribution is 2.39. The van der Waals surface area contributed by atoms with Crippen molar-refractivity contribution in [3.63, 3.8) is 0 Å². The van der Waals surface area contributed by atoms with Gasteiger partial charge in [0.05, 0.1) is 58.4 Å². The maximum Gasteiger partial charge on any atom is 0.434 e. The average Bonchev–Trinajstić information content (AvgIpc) is 3.52. The molecule has 15 nitrogen and oxygen atoms in total. The first-order chi connectivity index (χ1) is 29.0. The topological polar surface area (TPSA) is 170 Å². The fourth-order valence-electron chi connectivity index (χ4n) is 6.65. The first-order valence-electron chi connectivity index (χ1n) is 19.2. The first kappa shape index (κ1) is 43.6. The van der Waals surface area contributed by atoms with Crippen LogP contribution in [0.1, 0.15) is 34.5 Å². The van der Waals surface area contributed by atoms with Gasteiger partial charge >= 0.3 is 6.18 Å². The van der Waals surface area contributed by atoms with E-state index in [1.54, 1.807) is 49.6 Å². The van der Waals surface area contributed by atoms with Crippen molar-refractivity contribution < 1.29 is 60.8 Å². The van der Waals surface area contributed by atoms with Crippen LogP contribution in [-0.2, 0) is 46.6 Å². The molecule has 0 saturated carbocycles. The molecule has 3 aromatic heterocycles. The van der Waals surface area contributed by atoms with Crippen molar-refractivity contribution in [2.75, 3.05) is 66.1 Å². The number of nitrogens with one attached hydrogen (secondary N) is 1. The van der Waals surface area contributed by atoms with Gasteiger partial charge in [-0.3, -0.25) is 34.4 Å². The summed E-state index contributed by atoms with van der Waals surface area (Å²) < 4.78 is 77.5. The summed E-state index contributed by atoms with van der Waals surface area (Å²) in [6.45, 7) is 3.96. The zero-order chi connectivity index (χ0) is 42.6. The van der Waals surface area contributed by atoms with E-state index in [1.165, 1.54) is 18.2 Å². The number of carbonyl (C=O) groups excluding carboxylic acids is 4. The molecule has 5 aromatic rings. The SMILES string of the molecule is Cc1ccc(OCCOCCOCCOCCOCCOc2ccc(-c3ccc4c5cnccc5n(C)c4c3)c(C(F)(F)F)n2)cc1C(=O)N(C=O)C1CCC(=O)NC1=O. The zero-order valence-corrected chi connectivity index (χ0v) is 33.0. The number of aryl methyl sites for hydroxylation is 2. The Morgan fingerprint density at radius 2 is 1.52 bits per heavy atom. The number of pyridine rings is 2. The lowest BCUT2D eigenvalue weighted by atomic mass is 10.0. The van der Waals surface area contributed by atoms with Gasteiger partial charge in [0.15, 0.2) is 5.69 Å². The van der Waals surface area contributed by atoms with Crippen LogP contribution in [0.3, 0.4) is 0 Å². The van der Waals surface area contributed by atoms with Crippen LogP contribution in [0.2, 0.25) is 0 Å². The molecule has 4 amide bonds. The van der Waals surface area contributed by atoms with Crippen LogP contribution in [0.4, 0.5) is 13.2 Å². The molecule has 0 spiro atoms. The Labute approximate surface area is 342 Å². The van der Waals surface area contributed by atoms with E-state index in [2.05, 4.69) is 15.3 Å². The van der Waals surface area contributed by atoms with Crippen molar-refractivity contribution in [2.45, 2.75) is 32.0 Å². The number of amides is 4. The number of halogens is 3. The Bertz CT molecular complexity index is 2320. The number of alkyl halides is 3. The predicted octanol–water partition coefficient (Wildman–Crippen LogP) is 5.04. The van der Waals surface area contributed by atoms with Gasteiger partial charge < -0.3 is 33.0 Å². The summed E-state index contributed by atoms with van der Waals surface area (Å²) in [7, 11) is 1.86. The van der Waals surface area contributed by atoms with Crippen LogP contribution >= 0.6 is 0 Å². The molecular weight excluding hydrogens is 791 g/mol. The molecule has 1 aliphatic heterocycles. The molecule has 318 valence electrons. The molecule has 1 saturated heterocycles. The lowest BCUT2D eigenvalue weighted by Crippen LogP contribution is -2.53. The molecule has 18 heteroatoms.